The zero-order valence-electron chi connectivity index (χ0n) is 6.61. The van der Waals surface area contributed by atoms with Crippen molar-refractivity contribution >= 4 is 51.2 Å². The molecule has 0 heterocycles. The molecule has 0 N–H and O–H groups in total. The van der Waals surface area contributed by atoms with Gasteiger partial charge in [-0.3, -0.25) is 0 Å². The highest BCUT2D eigenvalue weighted by Gasteiger charge is 2.15. The lowest BCUT2D eigenvalue weighted by molar-refractivity contribution is 0.0598. The number of carbonyl (C=O) groups excluding carboxylic acids is 1. The van der Waals surface area contributed by atoms with E-state index in [1.54, 1.807) is 0 Å². The summed E-state index contributed by atoms with van der Waals surface area (Å²) in [4.78, 5) is 11.2. The standard InChI is InChI=1S/C8H5FI2O2/c1-13-8(12)7-5(10)2-4(9)3-6(7)11/h2-3H,1H3. The minimum absolute atomic E-state index is 0.346. The fraction of sp³-hybridized carbons (Fsp3) is 0.125. The Morgan fingerprint density at radius 1 is 1.38 bits per heavy atom. The third-order valence-corrected chi connectivity index (χ3v) is 3.10. The molecule has 0 aliphatic heterocycles. The summed E-state index contributed by atoms with van der Waals surface area (Å²) in [5.74, 6) is -0.782. The molecule has 70 valence electrons. The maximum atomic E-state index is 12.8. The second-order valence-corrected chi connectivity index (χ2v) is 4.56. The predicted molar refractivity (Wildman–Crippen MR) is 63.2 cm³/mol. The predicted octanol–water partition coefficient (Wildman–Crippen LogP) is 2.82. The molecule has 0 saturated heterocycles. The molecular weight excluding hydrogens is 401 g/mol. The molecule has 5 heteroatoms. The summed E-state index contributed by atoms with van der Waals surface area (Å²) >= 11 is 3.81. The average molecular weight is 406 g/mol. The minimum Gasteiger partial charge on any atom is -0.465 e. The normalized spacial score (nSPS) is 9.85. The number of carbonyl (C=O) groups is 1. The molecule has 0 unspecified atom stereocenters. The maximum Gasteiger partial charge on any atom is 0.340 e. The van der Waals surface area contributed by atoms with Crippen LogP contribution in [0.15, 0.2) is 12.1 Å². The van der Waals surface area contributed by atoms with E-state index in [2.05, 4.69) is 4.74 Å². The molecule has 0 aliphatic carbocycles. The molecule has 13 heavy (non-hydrogen) atoms. The van der Waals surface area contributed by atoms with Gasteiger partial charge in [0.25, 0.3) is 0 Å². The smallest absolute Gasteiger partial charge is 0.340 e. The quantitative estimate of drug-likeness (QED) is 0.530. The van der Waals surface area contributed by atoms with E-state index in [1.165, 1.54) is 19.2 Å². The molecule has 1 aromatic carbocycles. The van der Waals surface area contributed by atoms with Crippen molar-refractivity contribution in [3.05, 3.63) is 30.7 Å². The second kappa shape index (κ2) is 4.54. The largest absolute Gasteiger partial charge is 0.465 e. The van der Waals surface area contributed by atoms with Crippen LogP contribution in [0.4, 0.5) is 4.39 Å². The molecule has 1 rings (SSSR count). The van der Waals surface area contributed by atoms with Crippen molar-refractivity contribution in [3.63, 3.8) is 0 Å². The van der Waals surface area contributed by atoms with Crippen LogP contribution in [0.5, 0.6) is 0 Å². The number of hydrogen-bond donors (Lipinski definition) is 0. The van der Waals surface area contributed by atoms with E-state index in [-0.39, 0.29) is 5.82 Å². The van der Waals surface area contributed by atoms with E-state index in [4.69, 9.17) is 0 Å². The van der Waals surface area contributed by atoms with Crippen LogP contribution in [0.2, 0.25) is 0 Å². The number of benzene rings is 1. The van der Waals surface area contributed by atoms with Crippen molar-refractivity contribution in [2.24, 2.45) is 0 Å². The molecule has 0 bridgehead atoms. The molecule has 1 aromatic rings. The summed E-state index contributed by atoms with van der Waals surface area (Å²) in [6.07, 6.45) is 0. The van der Waals surface area contributed by atoms with Crippen LogP contribution < -0.4 is 0 Å². The van der Waals surface area contributed by atoms with Crippen LogP contribution in [-0.4, -0.2) is 13.1 Å². The van der Waals surface area contributed by atoms with Crippen molar-refractivity contribution in [1.82, 2.24) is 0 Å². The first-order valence-electron chi connectivity index (χ1n) is 3.29. The number of methoxy groups -OCH3 is 1. The Morgan fingerprint density at radius 3 is 2.23 bits per heavy atom. The van der Waals surface area contributed by atoms with E-state index < -0.39 is 5.97 Å². The van der Waals surface area contributed by atoms with Gasteiger partial charge < -0.3 is 4.74 Å². The van der Waals surface area contributed by atoms with Crippen molar-refractivity contribution in [1.29, 1.82) is 0 Å². The number of hydrogen-bond acceptors (Lipinski definition) is 2. The van der Waals surface area contributed by atoms with Crippen LogP contribution in [0, 0.1) is 13.0 Å². The number of rotatable bonds is 1. The molecule has 0 fully saturated rings. The third-order valence-electron chi connectivity index (χ3n) is 1.40. The zero-order chi connectivity index (χ0) is 10.0. The lowest BCUT2D eigenvalue weighted by Gasteiger charge is -2.04. The maximum absolute atomic E-state index is 12.8. The highest BCUT2D eigenvalue weighted by atomic mass is 127. The molecule has 0 amide bonds. The molecular formula is C8H5FI2O2. The summed E-state index contributed by atoms with van der Waals surface area (Å²) in [6, 6.07) is 2.60. The number of esters is 1. The Bertz CT molecular complexity index is 329. The highest BCUT2D eigenvalue weighted by Crippen LogP contribution is 2.21. The van der Waals surface area contributed by atoms with Crippen molar-refractivity contribution in [3.8, 4) is 0 Å². The fourth-order valence-corrected chi connectivity index (χ4v) is 2.97. The van der Waals surface area contributed by atoms with Crippen LogP contribution in [0.3, 0.4) is 0 Å². The summed E-state index contributed by atoms with van der Waals surface area (Å²) in [6.45, 7) is 0. The molecule has 0 aromatic heterocycles. The zero-order valence-corrected chi connectivity index (χ0v) is 10.9. The van der Waals surface area contributed by atoms with Gasteiger partial charge in [-0.15, -0.1) is 0 Å². The van der Waals surface area contributed by atoms with Crippen molar-refractivity contribution in [2.75, 3.05) is 7.11 Å². The van der Waals surface area contributed by atoms with Crippen molar-refractivity contribution in [2.45, 2.75) is 0 Å². The van der Waals surface area contributed by atoms with Crippen LogP contribution >= 0.6 is 45.2 Å². The Balaban J connectivity index is 3.28. The van der Waals surface area contributed by atoms with Gasteiger partial charge in [0.05, 0.1) is 12.7 Å². The van der Waals surface area contributed by atoms with Gasteiger partial charge in [-0.05, 0) is 57.3 Å². The molecule has 2 nitrogen and oxygen atoms in total. The van der Waals surface area contributed by atoms with Crippen molar-refractivity contribution < 1.29 is 13.9 Å². The summed E-state index contributed by atoms with van der Waals surface area (Å²) < 4.78 is 18.5. The SMILES string of the molecule is COC(=O)c1c(I)cc(F)cc1I. The van der Waals surface area contributed by atoms with Crippen LogP contribution in [0.1, 0.15) is 10.4 Å². The average Bonchev–Trinajstić information content (AvgIpc) is 2.02. The van der Waals surface area contributed by atoms with Gasteiger partial charge in [0.2, 0.25) is 0 Å². The first-order chi connectivity index (χ1) is 6.06. The molecule has 0 aliphatic rings. The van der Waals surface area contributed by atoms with E-state index in [1.807, 2.05) is 45.2 Å². The second-order valence-electron chi connectivity index (χ2n) is 2.24. The monoisotopic (exact) mass is 406 g/mol. The Labute approximate surface area is 102 Å². The number of halogens is 3. The van der Waals surface area contributed by atoms with Gasteiger partial charge in [0.1, 0.15) is 5.82 Å². The third kappa shape index (κ3) is 2.52. The Hall–Kier alpha value is 0.0800. The van der Waals surface area contributed by atoms with Gasteiger partial charge in [-0.1, -0.05) is 0 Å². The van der Waals surface area contributed by atoms with Gasteiger partial charge in [0, 0.05) is 7.14 Å². The van der Waals surface area contributed by atoms with Gasteiger partial charge in [0.15, 0.2) is 0 Å². The van der Waals surface area contributed by atoms with Gasteiger partial charge in [-0.25, -0.2) is 9.18 Å². The van der Waals surface area contributed by atoms with Gasteiger partial charge >= 0.3 is 5.97 Å². The summed E-state index contributed by atoms with van der Waals surface area (Å²) in [5, 5.41) is 0. The fourth-order valence-electron chi connectivity index (χ4n) is 0.839. The minimum atomic E-state index is -0.436. The van der Waals surface area contributed by atoms with E-state index >= 15 is 0 Å². The lowest BCUT2D eigenvalue weighted by atomic mass is 10.2. The van der Waals surface area contributed by atoms with Crippen LogP contribution in [0.25, 0.3) is 0 Å². The summed E-state index contributed by atoms with van der Waals surface area (Å²) in [5.41, 5.74) is 0.421. The molecule has 0 atom stereocenters. The van der Waals surface area contributed by atoms with Crippen LogP contribution in [-0.2, 0) is 4.74 Å². The number of ether oxygens (including phenoxy) is 1. The van der Waals surface area contributed by atoms with E-state index in [0.29, 0.717) is 12.7 Å². The Morgan fingerprint density at radius 2 is 1.85 bits per heavy atom. The van der Waals surface area contributed by atoms with Gasteiger partial charge in [-0.2, -0.15) is 0 Å². The first-order valence-corrected chi connectivity index (χ1v) is 5.45. The van der Waals surface area contributed by atoms with E-state index in [9.17, 15) is 9.18 Å². The topological polar surface area (TPSA) is 26.3 Å². The first kappa shape index (κ1) is 11.2. The summed E-state index contributed by atoms with van der Waals surface area (Å²) in [7, 11) is 1.30. The highest BCUT2D eigenvalue weighted by molar-refractivity contribution is 14.1. The lowest BCUT2D eigenvalue weighted by Crippen LogP contribution is -2.07. The molecule has 0 saturated carbocycles. The molecule has 0 spiro atoms. The van der Waals surface area contributed by atoms with E-state index in [0.717, 1.165) is 0 Å². The Kier molecular flexibility index (Phi) is 3.89. The molecule has 0 radical (unpaired) electrons.